The van der Waals surface area contributed by atoms with Crippen molar-refractivity contribution in [3.8, 4) is 0 Å². The van der Waals surface area contributed by atoms with Crippen LogP contribution in [0.1, 0.15) is 99.5 Å². The van der Waals surface area contributed by atoms with Crippen molar-refractivity contribution in [1.82, 2.24) is 5.32 Å². The molecule has 0 aliphatic carbocycles. The van der Waals surface area contributed by atoms with Crippen LogP contribution in [0, 0.1) is 0 Å². The zero-order valence-corrected chi connectivity index (χ0v) is 15.1. The van der Waals surface area contributed by atoms with Gasteiger partial charge in [0.25, 0.3) is 0 Å². The third kappa shape index (κ3) is 19.1. The van der Waals surface area contributed by atoms with Crippen LogP contribution >= 0.6 is 0 Å². The van der Waals surface area contributed by atoms with Crippen LogP contribution in [0.25, 0.3) is 0 Å². The van der Waals surface area contributed by atoms with E-state index in [0.29, 0.717) is 19.4 Å². The maximum absolute atomic E-state index is 11.3. The highest BCUT2D eigenvalue weighted by molar-refractivity contribution is 5.75. The van der Waals surface area contributed by atoms with Crippen molar-refractivity contribution in [3.63, 3.8) is 0 Å². The Labute approximate surface area is 146 Å². The summed E-state index contributed by atoms with van der Waals surface area (Å²) >= 11 is 0. The molecule has 3 nitrogen and oxygen atoms in total. The van der Waals surface area contributed by atoms with Crippen molar-refractivity contribution >= 4 is 5.91 Å². The van der Waals surface area contributed by atoms with E-state index >= 15 is 0 Å². The molecule has 0 aliphatic rings. The van der Waals surface area contributed by atoms with Gasteiger partial charge in [0, 0.05) is 15.7 Å². The van der Waals surface area contributed by atoms with Crippen molar-refractivity contribution in [1.29, 1.82) is 0 Å². The molecule has 0 heterocycles. The number of carbonyl (C=O) groups is 1. The van der Waals surface area contributed by atoms with E-state index in [2.05, 4.69) is 12.2 Å². The lowest BCUT2D eigenvalue weighted by molar-refractivity contribution is -0.121. The van der Waals surface area contributed by atoms with Crippen LogP contribution in [-0.4, -0.2) is 24.2 Å². The Hall–Kier alpha value is -0.830. The molecule has 0 rings (SSSR count). The maximum atomic E-state index is 11.3. The highest BCUT2D eigenvalue weighted by Crippen LogP contribution is 2.09. The van der Waals surface area contributed by atoms with Crippen LogP contribution in [0.15, 0.2) is 12.2 Å². The molecular weight excluding hydrogens is 286 g/mol. The summed E-state index contributed by atoms with van der Waals surface area (Å²) in [6, 6.07) is 0. The number of nitrogens with one attached hydrogen (secondary N) is 1. The fraction of sp³-hybridized carbons (Fsp3) is 0.850. The van der Waals surface area contributed by atoms with Crippen LogP contribution in [0.2, 0.25) is 0 Å². The molecule has 0 radical (unpaired) electrons. The number of amides is 1. The fourth-order valence-corrected chi connectivity index (χ4v) is 2.44. The van der Waals surface area contributed by atoms with Crippen molar-refractivity contribution in [3.05, 3.63) is 12.2 Å². The molecule has 0 saturated carbocycles. The molecule has 0 unspecified atom stereocenters. The van der Waals surface area contributed by atoms with Crippen LogP contribution < -0.4 is 5.32 Å². The molecule has 0 aromatic heterocycles. The summed E-state index contributed by atoms with van der Waals surface area (Å²) in [5.74, 6) is 0.0221. The van der Waals surface area contributed by atoms with E-state index < -0.39 is 6.37 Å². The predicted molar refractivity (Wildman–Crippen MR) is 99.5 cm³/mol. The number of carbonyl (C=O) groups excluding carboxylic acids is 1. The van der Waals surface area contributed by atoms with Gasteiger partial charge in [0.15, 0.2) is 0 Å². The standard InChI is InChI=1S/C20H39NO2/c1-2-3-4-5-6-7-8-9-10-11-12-13-14-15-16-17-20(23)21-18-19-22/h9-10,22H,2-8,11-19H2,1H3,(H,21,23)/b10-9-/i8D2. The molecule has 0 spiro atoms. The molecule has 0 bridgehead atoms. The predicted octanol–water partition coefficient (Wildman–Crippen LogP) is 5.13. The third-order valence-electron chi connectivity index (χ3n) is 3.87. The molecular formula is C20H39NO2. The van der Waals surface area contributed by atoms with E-state index in [1.54, 1.807) is 6.08 Å². The Balaban J connectivity index is 3.50. The minimum atomic E-state index is -1.16. The van der Waals surface area contributed by atoms with Crippen molar-refractivity contribution < 1.29 is 12.6 Å². The Kier molecular flexibility index (Phi) is 15.5. The average molecular weight is 328 g/mol. The summed E-state index contributed by atoms with van der Waals surface area (Å²) in [6.45, 7) is 2.53. The van der Waals surface area contributed by atoms with Gasteiger partial charge in [0.2, 0.25) is 5.91 Å². The largest absolute Gasteiger partial charge is 0.395 e. The number of allylic oxidation sites excluding steroid dienone is 2. The number of aliphatic hydroxyl groups excluding tert-OH is 1. The smallest absolute Gasteiger partial charge is 0.220 e. The third-order valence-corrected chi connectivity index (χ3v) is 3.87. The number of rotatable bonds is 17. The van der Waals surface area contributed by atoms with Gasteiger partial charge < -0.3 is 10.4 Å². The summed E-state index contributed by atoms with van der Waals surface area (Å²) in [6.07, 6.45) is 15.8. The molecule has 136 valence electrons. The Morgan fingerprint density at radius 2 is 1.61 bits per heavy atom. The highest BCUT2D eigenvalue weighted by atomic mass is 16.3. The Morgan fingerprint density at radius 1 is 0.957 bits per heavy atom. The normalized spacial score (nSPS) is 13.1. The molecule has 0 aromatic rings. The van der Waals surface area contributed by atoms with Gasteiger partial charge in [-0.15, -0.1) is 0 Å². The van der Waals surface area contributed by atoms with Gasteiger partial charge in [-0.2, -0.15) is 0 Å². The zero-order valence-electron chi connectivity index (χ0n) is 17.1. The summed E-state index contributed by atoms with van der Waals surface area (Å²) in [5.41, 5.74) is 0. The molecule has 2 N–H and O–H groups in total. The van der Waals surface area contributed by atoms with Crippen LogP contribution in [0.3, 0.4) is 0 Å². The minimum Gasteiger partial charge on any atom is -0.395 e. The van der Waals surface area contributed by atoms with Gasteiger partial charge in [-0.1, -0.05) is 70.4 Å². The van der Waals surface area contributed by atoms with E-state index in [4.69, 9.17) is 7.85 Å². The molecule has 0 aromatic carbocycles. The quantitative estimate of drug-likeness (QED) is 0.287. The molecule has 0 saturated heterocycles. The minimum absolute atomic E-state index is 0.00393. The lowest BCUT2D eigenvalue weighted by Crippen LogP contribution is -2.25. The number of hydrogen-bond donors (Lipinski definition) is 2. The monoisotopic (exact) mass is 327 g/mol. The molecule has 1 amide bonds. The molecule has 3 heteroatoms. The van der Waals surface area contributed by atoms with Crippen LogP contribution in [0.4, 0.5) is 0 Å². The van der Waals surface area contributed by atoms with Gasteiger partial charge in [-0.25, -0.2) is 0 Å². The van der Waals surface area contributed by atoms with E-state index in [1.165, 1.54) is 19.3 Å². The Bertz CT molecular complexity index is 347. The molecule has 0 atom stereocenters. The zero-order chi connectivity index (χ0) is 18.8. The van der Waals surface area contributed by atoms with Crippen LogP contribution in [0.5, 0.6) is 0 Å². The second kappa shape index (κ2) is 19.2. The number of aliphatic hydroxyl groups is 1. The number of hydrogen-bond acceptors (Lipinski definition) is 2. The fourth-order valence-electron chi connectivity index (χ4n) is 2.44. The van der Waals surface area contributed by atoms with Crippen molar-refractivity contribution in [2.75, 3.05) is 13.2 Å². The molecule has 23 heavy (non-hydrogen) atoms. The van der Waals surface area contributed by atoms with Gasteiger partial charge in [0.05, 0.1) is 6.61 Å². The van der Waals surface area contributed by atoms with Gasteiger partial charge >= 0.3 is 0 Å². The SMILES string of the molecule is [2H]C([2H])(/C=C\CCCCCCCC(=O)NCCO)CCCCCCC. The summed E-state index contributed by atoms with van der Waals surface area (Å²) < 4.78 is 16.0. The van der Waals surface area contributed by atoms with Crippen molar-refractivity contribution in [2.24, 2.45) is 0 Å². The van der Waals surface area contributed by atoms with Crippen molar-refractivity contribution in [2.45, 2.75) is 96.8 Å². The first-order chi connectivity index (χ1) is 12.0. The lowest BCUT2D eigenvalue weighted by atomic mass is 10.1. The van der Waals surface area contributed by atoms with Gasteiger partial charge in [-0.3, -0.25) is 4.79 Å². The number of unbranched alkanes of at least 4 members (excludes halogenated alkanes) is 9. The molecule has 0 aliphatic heterocycles. The Morgan fingerprint density at radius 3 is 2.35 bits per heavy atom. The van der Waals surface area contributed by atoms with Gasteiger partial charge in [-0.05, 0) is 32.1 Å². The topological polar surface area (TPSA) is 49.3 Å². The second-order valence-corrected chi connectivity index (χ2v) is 6.15. The lowest BCUT2D eigenvalue weighted by Gasteiger charge is -2.03. The summed E-state index contributed by atoms with van der Waals surface area (Å²) in [7, 11) is 0. The first-order valence-electron chi connectivity index (χ1n) is 10.6. The molecule has 0 fully saturated rings. The first-order valence-corrected chi connectivity index (χ1v) is 9.57. The first kappa shape index (κ1) is 18.5. The average Bonchev–Trinajstić information content (AvgIpc) is 2.58. The summed E-state index contributed by atoms with van der Waals surface area (Å²) in [5, 5.41) is 11.3. The van der Waals surface area contributed by atoms with E-state index in [1.807, 2.05) is 6.08 Å². The van der Waals surface area contributed by atoms with Gasteiger partial charge in [0.1, 0.15) is 0 Å². The van der Waals surface area contributed by atoms with E-state index in [-0.39, 0.29) is 12.5 Å². The second-order valence-electron chi connectivity index (χ2n) is 6.15. The van der Waals surface area contributed by atoms with Crippen LogP contribution in [-0.2, 0) is 4.79 Å². The highest BCUT2D eigenvalue weighted by Gasteiger charge is 1.99. The summed E-state index contributed by atoms with van der Waals surface area (Å²) in [4.78, 5) is 11.3. The maximum Gasteiger partial charge on any atom is 0.220 e. The van der Waals surface area contributed by atoms with E-state index in [9.17, 15) is 4.79 Å². The van der Waals surface area contributed by atoms with E-state index in [0.717, 1.165) is 51.4 Å².